The Bertz CT molecular complexity index is 433. The zero-order chi connectivity index (χ0) is 14.5. The van der Waals surface area contributed by atoms with Gasteiger partial charge in [0.05, 0.1) is 18.1 Å². The number of hydrogen-bond acceptors (Lipinski definition) is 5. The van der Waals surface area contributed by atoms with Gasteiger partial charge in [0.1, 0.15) is 5.82 Å². The van der Waals surface area contributed by atoms with Gasteiger partial charge in [-0.05, 0) is 45.3 Å². The van der Waals surface area contributed by atoms with E-state index in [2.05, 4.69) is 32.0 Å². The summed E-state index contributed by atoms with van der Waals surface area (Å²) < 4.78 is 0. The SMILES string of the molecule is CCCNc1cnc(CN2CCCN3CCCC3C2)cn1. The van der Waals surface area contributed by atoms with E-state index < -0.39 is 0 Å². The number of fused-ring (bicyclic) bond motifs is 1. The zero-order valence-electron chi connectivity index (χ0n) is 13.1. The van der Waals surface area contributed by atoms with Gasteiger partial charge in [-0.3, -0.25) is 14.8 Å². The van der Waals surface area contributed by atoms with Crippen LogP contribution in [0.2, 0.25) is 0 Å². The molecule has 0 aromatic carbocycles. The van der Waals surface area contributed by atoms with Crippen molar-refractivity contribution >= 4 is 5.82 Å². The lowest BCUT2D eigenvalue weighted by Crippen LogP contribution is -2.36. The van der Waals surface area contributed by atoms with Gasteiger partial charge < -0.3 is 5.32 Å². The second-order valence-electron chi connectivity index (χ2n) is 6.24. The molecule has 3 heterocycles. The summed E-state index contributed by atoms with van der Waals surface area (Å²) in [6, 6.07) is 0.769. The normalized spacial score (nSPS) is 23.8. The summed E-state index contributed by atoms with van der Waals surface area (Å²) in [6.07, 6.45) is 8.91. The fraction of sp³-hybridized carbons (Fsp3) is 0.750. The Morgan fingerprint density at radius 3 is 2.90 bits per heavy atom. The van der Waals surface area contributed by atoms with Gasteiger partial charge >= 0.3 is 0 Å². The molecule has 0 bridgehead atoms. The van der Waals surface area contributed by atoms with Crippen LogP contribution in [0.5, 0.6) is 0 Å². The Morgan fingerprint density at radius 2 is 2.10 bits per heavy atom. The van der Waals surface area contributed by atoms with E-state index in [9.17, 15) is 0 Å². The summed E-state index contributed by atoms with van der Waals surface area (Å²) >= 11 is 0. The van der Waals surface area contributed by atoms with E-state index in [0.29, 0.717) is 0 Å². The third-order valence-corrected chi connectivity index (χ3v) is 4.53. The first kappa shape index (κ1) is 14.7. The quantitative estimate of drug-likeness (QED) is 0.898. The smallest absolute Gasteiger partial charge is 0.144 e. The van der Waals surface area contributed by atoms with Crippen LogP contribution in [-0.2, 0) is 6.54 Å². The lowest BCUT2D eigenvalue weighted by molar-refractivity contribution is 0.214. The van der Waals surface area contributed by atoms with Gasteiger partial charge in [-0.2, -0.15) is 0 Å². The van der Waals surface area contributed by atoms with Crippen molar-refractivity contribution < 1.29 is 0 Å². The van der Waals surface area contributed by atoms with Crippen LogP contribution in [0.25, 0.3) is 0 Å². The van der Waals surface area contributed by atoms with Crippen LogP contribution in [0.3, 0.4) is 0 Å². The van der Waals surface area contributed by atoms with E-state index in [4.69, 9.17) is 0 Å². The Balaban J connectivity index is 1.55. The number of rotatable bonds is 5. The summed E-state index contributed by atoms with van der Waals surface area (Å²) in [7, 11) is 0. The van der Waals surface area contributed by atoms with Crippen molar-refractivity contribution in [2.75, 3.05) is 38.0 Å². The van der Waals surface area contributed by atoms with Crippen LogP contribution in [0.4, 0.5) is 5.82 Å². The molecule has 1 unspecified atom stereocenters. The Labute approximate surface area is 127 Å². The third kappa shape index (κ3) is 3.92. The van der Waals surface area contributed by atoms with Crippen molar-refractivity contribution in [2.24, 2.45) is 0 Å². The van der Waals surface area contributed by atoms with Gasteiger partial charge in [-0.1, -0.05) is 6.92 Å². The van der Waals surface area contributed by atoms with E-state index in [-0.39, 0.29) is 0 Å². The number of hydrogen-bond donors (Lipinski definition) is 1. The van der Waals surface area contributed by atoms with Crippen LogP contribution in [-0.4, -0.2) is 58.5 Å². The molecule has 0 amide bonds. The van der Waals surface area contributed by atoms with Crippen molar-refractivity contribution in [3.05, 3.63) is 18.1 Å². The maximum absolute atomic E-state index is 4.56. The molecule has 0 radical (unpaired) electrons. The molecule has 2 aliphatic rings. The second-order valence-corrected chi connectivity index (χ2v) is 6.24. The highest BCUT2D eigenvalue weighted by Crippen LogP contribution is 2.22. The average molecular weight is 289 g/mol. The molecule has 5 nitrogen and oxygen atoms in total. The molecular weight excluding hydrogens is 262 g/mol. The van der Waals surface area contributed by atoms with Gasteiger partial charge in [-0.15, -0.1) is 0 Å². The summed E-state index contributed by atoms with van der Waals surface area (Å²) in [5.74, 6) is 0.887. The maximum atomic E-state index is 4.56. The van der Waals surface area contributed by atoms with E-state index >= 15 is 0 Å². The first-order valence-electron chi connectivity index (χ1n) is 8.36. The molecule has 1 aromatic rings. The summed E-state index contributed by atoms with van der Waals surface area (Å²) in [6.45, 7) is 8.99. The highest BCUT2D eigenvalue weighted by molar-refractivity contribution is 5.30. The molecule has 0 spiro atoms. The molecular formula is C16H27N5. The number of nitrogens with one attached hydrogen (secondary N) is 1. The van der Waals surface area contributed by atoms with Gasteiger partial charge in [0, 0.05) is 25.7 Å². The van der Waals surface area contributed by atoms with Crippen molar-refractivity contribution in [1.29, 1.82) is 0 Å². The molecule has 2 aliphatic heterocycles. The number of aromatic nitrogens is 2. The van der Waals surface area contributed by atoms with Crippen LogP contribution in [0, 0.1) is 0 Å². The van der Waals surface area contributed by atoms with Crippen molar-refractivity contribution in [3.8, 4) is 0 Å². The monoisotopic (exact) mass is 289 g/mol. The molecule has 5 heteroatoms. The standard InChI is InChI=1S/C16H27N5/c1-2-6-17-16-11-18-14(10-19-16)12-20-7-4-9-21-8-3-5-15(21)13-20/h10-11,15H,2-9,12-13H2,1H3,(H,17,19). The number of anilines is 1. The van der Waals surface area contributed by atoms with Crippen molar-refractivity contribution in [2.45, 2.75) is 45.2 Å². The van der Waals surface area contributed by atoms with E-state index in [1.54, 1.807) is 0 Å². The topological polar surface area (TPSA) is 44.3 Å². The first-order valence-corrected chi connectivity index (χ1v) is 8.36. The molecule has 2 fully saturated rings. The predicted molar refractivity (Wildman–Crippen MR) is 85.3 cm³/mol. The first-order chi connectivity index (χ1) is 10.3. The Hall–Kier alpha value is -1.20. The van der Waals surface area contributed by atoms with Gasteiger partial charge in [0.15, 0.2) is 0 Å². The molecule has 1 atom stereocenters. The van der Waals surface area contributed by atoms with Crippen molar-refractivity contribution in [1.82, 2.24) is 19.8 Å². The third-order valence-electron chi connectivity index (χ3n) is 4.53. The van der Waals surface area contributed by atoms with Crippen LogP contribution < -0.4 is 5.32 Å². The lowest BCUT2D eigenvalue weighted by atomic mass is 10.2. The largest absolute Gasteiger partial charge is 0.369 e. The van der Waals surface area contributed by atoms with E-state index in [1.165, 1.54) is 45.4 Å². The molecule has 1 N–H and O–H groups in total. The van der Waals surface area contributed by atoms with Gasteiger partial charge in [0.25, 0.3) is 0 Å². The minimum atomic E-state index is 0.769. The fourth-order valence-corrected chi connectivity index (χ4v) is 3.44. The van der Waals surface area contributed by atoms with Crippen LogP contribution in [0.1, 0.15) is 38.3 Å². The predicted octanol–water partition coefficient (Wildman–Crippen LogP) is 1.97. The lowest BCUT2D eigenvalue weighted by Gasteiger charge is -2.25. The average Bonchev–Trinajstić information content (AvgIpc) is 2.85. The highest BCUT2D eigenvalue weighted by atomic mass is 15.3. The molecule has 116 valence electrons. The van der Waals surface area contributed by atoms with Crippen LogP contribution in [0.15, 0.2) is 12.4 Å². The minimum absolute atomic E-state index is 0.769. The number of nitrogens with zero attached hydrogens (tertiary/aromatic N) is 4. The summed E-state index contributed by atoms with van der Waals surface area (Å²) in [5.41, 5.74) is 1.09. The summed E-state index contributed by atoms with van der Waals surface area (Å²) in [4.78, 5) is 14.2. The summed E-state index contributed by atoms with van der Waals surface area (Å²) in [5, 5.41) is 3.27. The van der Waals surface area contributed by atoms with E-state index in [0.717, 1.165) is 37.1 Å². The minimum Gasteiger partial charge on any atom is -0.369 e. The fourth-order valence-electron chi connectivity index (χ4n) is 3.44. The highest BCUT2D eigenvalue weighted by Gasteiger charge is 2.28. The molecule has 3 rings (SSSR count). The Morgan fingerprint density at radius 1 is 1.19 bits per heavy atom. The Kier molecular flexibility index (Phi) is 5.04. The van der Waals surface area contributed by atoms with E-state index in [1.807, 2.05) is 12.4 Å². The molecule has 0 aliphatic carbocycles. The van der Waals surface area contributed by atoms with Crippen molar-refractivity contribution in [3.63, 3.8) is 0 Å². The molecule has 1 aromatic heterocycles. The molecule has 2 saturated heterocycles. The maximum Gasteiger partial charge on any atom is 0.144 e. The van der Waals surface area contributed by atoms with Gasteiger partial charge in [-0.25, -0.2) is 4.98 Å². The van der Waals surface area contributed by atoms with Gasteiger partial charge in [0.2, 0.25) is 0 Å². The molecule has 0 saturated carbocycles. The zero-order valence-corrected chi connectivity index (χ0v) is 13.1. The second kappa shape index (κ2) is 7.18. The molecule has 21 heavy (non-hydrogen) atoms. The van der Waals surface area contributed by atoms with Crippen LogP contribution >= 0.6 is 0 Å².